The lowest BCUT2D eigenvalue weighted by Crippen LogP contribution is -2.37. The Morgan fingerprint density at radius 3 is 2.85 bits per heavy atom. The highest BCUT2D eigenvalue weighted by Crippen LogP contribution is 2.26. The van der Waals surface area contributed by atoms with Crippen LogP contribution in [0.4, 0.5) is 5.69 Å². The van der Waals surface area contributed by atoms with E-state index in [1.807, 2.05) is 55.6 Å². The van der Waals surface area contributed by atoms with Crippen molar-refractivity contribution < 1.29 is 14.3 Å². The molecule has 7 nitrogen and oxygen atoms in total. The number of benzene rings is 2. The van der Waals surface area contributed by atoms with Crippen LogP contribution in [0.2, 0.25) is 0 Å². The maximum absolute atomic E-state index is 12.7. The molecular formula is C20H20N4O3. The summed E-state index contributed by atoms with van der Waals surface area (Å²) in [6.45, 7) is 0.419. The summed E-state index contributed by atoms with van der Waals surface area (Å²) in [5.74, 6) is 0.393. The van der Waals surface area contributed by atoms with Crippen LogP contribution in [0, 0.1) is 0 Å². The SMILES string of the molecule is COc1cccc(N2C[C@H](NC(=O)c3nn(C)c4ccccc34)CC2=O)c1. The molecular weight excluding hydrogens is 344 g/mol. The monoisotopic (exact) mass is 364 g/mol. The lowest BCUT2D eigenvalue weighted by atomic mass is 10.2. The zero-order valence-electron chi connectivity index (χ0n) is 15.2. The Morgan fingerprint density at radius 2 is 2.04 bits per heavy atom. The van der Waals surface area contributed by atoms with Crippen LogP contribution in [-0.2, 0) is 11.8 Å². The molecule has 138 valence electrons. The van der Waals surface area contributed by atoms with Crippen molar-refractivity contribution in [1.82, 2.24) is 15.1 Å². The van der Waals surface area contributed by atoms with E-state index in [0.717, 1.165) is 16.6 Å². The highest BCUT2D eigenvalue weighted by molar-refractivity contribution is 6.05. The number of anilines is 1. The number of aromatic nitrogens is 2. The van der Waals surface area contributed by atoms with E-state index in [1.54, 1.807) is 16.7 Å². The third-order valence-corrected chi connectivity index (χ3v) is 4.80. The van der Waals surface area contributed by atoms with Gasteiger partial charge in [-0.3, -0.25) is 14.3 Å². The Kier molecular flexibility index (Phi) is 4.27. The number of methoxy groups -OCH3 is 1. The Balaban J connectivity index is 1.52. The molecule has 1 fully saturated rings. The van der Waals surface area contributed by atoms with Crippen molar-refractivity contribution in [3.63, 3.8) is 0 Å². The van der Waals surface area contributed by atoms with Gasteiger partial charge in [-0.1, -0.05) is 24.3 Å². The van der Waals surface area contributed by atoms with E-state index < -0.39 is 0 Å². The molecule has 2 aromatic carbocycles. The first-order valence-electron chi connectivity index (χ1n) is 8.74. The van der Waals surface area contributed by atoms with Gasteiger partial charge in [0.1, 0.15) is 5.75 Å². The first-order chi connectivity index (χ1) is 13.1. The van der Waals surface area contributed by atoms with E-state index in [-0.39, 0.29) is 24.3 Å². The van der Waals surface area contributed by atoms with Crippen molar-refractivity contribution >= 4 is 28.4 Å². The topological polar surface area (TPSA) is 76.5 Å². The summed E-state index contributed by atoms with van der Waals surface area (Å²) >= 11 is 0. The smallest absolute Gasteiger partial charge is 0.272 e. The van der Waals surface area contributed by atoms with Crippen LogP contribution in [0.5, 0.6) is 5.75 Å². The molecule has 0 aliphatic carbocycles. The van der Waals surface area contributed by atoms with Gasteiger partial charge in [-0.25, -0.2) is 0 Å². The second-order valence-electron chi connectivity index (χ2n) is 6.57. The van der Waals surface area contributed by atoms with Crippen LogP contribution < -0.4 is 15.0 Å². The molecule has 2 heterocycles. The fraction of sp³-hybridized carbons (Fsp3) is 0.250. The van der Waals surface area contributed by atoms with Crippen LogP contribution in [-0.4, -0.2) is 41.3 Å². The second kappa shape index (κ2) is 6.75. The number of fused-ring (bicyclic) bond motifs is 1. The third kappa shape index (κ3) is 3.12. The maximum Gasteiger partial charge on any atom is 0.272 e. The number of carbonyl (C=O) groups is 2. The molecule has 0 spiro atoms. The minimum absolute atomic E-state index is 0.0283. The summed E-state index contributed by atoms with van der Waals surface area (Å²) in [4.78, 5) is 26.8. The number of rotatable bonds is 4. The van der Waals surface area contributed by atoms with Crippen LogP contribution in [0.1, 0.15) is 16.9 Å². The molecule has 0 saturated carbocycles. The maximum atomic E-state index is 12.7. The first-order valence-corrected chi connectivity index (χ1v) is 8.74. The molecule has 1 atom stereocenters. The van der Waals surface area contributed by atoms with Gasteiger partial charge in [-0.15, -0.1) is 0 Å². The van der Waals surface area contributed by atoms with Gasteiger partial charge in [0.2, 0.25) is 5.91 Å². The molecule has 0 unspecified atom stereocenters. The van der Waals surface area contributed by atoms with Crippen LogP contribution >= 0.6 is 0 Å². The summed E-state index contributed by atoms with van der Waals surface area (Å²) in [5.41, 5.74) is 2.03. The molecule has 1 N–H and O–H groups in total. The minimum Gasteiger partial charge on any atom is -0.497 e. The van der Waals surface area contributed by atoms with E-state index in [9.17, 15) is 9.59 Å². The van der Waals surface area contributed by atoms with E-state index in [4.69, 9.17) is 4.74 Å². The number of nitrogens with one attached hydrogen (secondary N) is 1. The van der Waals surface area contributed by atoms with Crippen molar-refractivity contribution in [2.75, 3.05) is 18.6 Å². The quantitative estimate of drug-likeness (QED) is 0.769. The average molecular weight is 364 g/mol. The van der Waals surface area contributed by atoms with Gasteiger partial charge in [-0.05, 0) is 18.2 Å². The van der Waals surface area contributed by atoms with Gasteiger partial charge < -0.3 is 15.0 Å². The number of hydrogen-bond donors (Lipinski definition) is 1. The molecule has 0 bridgehead atoms. The Labute approximate surface area is 156 Å². The minimum atomic E-state index is -0.267. The Morgan fingerprint density at radius 1 is 1.22 bits per heavy atom. The molecule has 7 heteroatoms. The number of aryl methyl sites for hydroxylation is 1. The van der Waals surface area contributed by atoms with Gasteiger partial charge >= 0.3 is 0 Å². The molecule has 1 aromatic heterocycles. The van der Waals surface area contributed by atoms with Crippen molar-refractivity contribution in [2.24, 2.45) is 7.05 Å². The van der Waals surface area contributed by atoms with E-state index in [2.05, 4.69) is 10.4 Å². The summed E-state index contributed by atoms with van der Waals surface area (Å²) in [7, 11) is 3.40. The van der Waals surface area contributed by atoms with Gasteiger partial charge in [0.25, 0.3) is 5.91 Å². The highest BCUT2D eigenvalue weighted by Gasteiger charge is 2.32. The molecule has 1 aliphatic heterocycles. The molecule has 4 rings (SSSR count). The average Bonchev–Trinajstić information content (AvgIpc) is 3.22. The number of hydrogen-bond acceptors (Lipinski definition) is 4. The standard InChI is InChI=1S/C20H20N4O3/c1-23-17-9-4-3-8-16(17)19(22-23)20(26)21-13-10-18(25)24(12-13)14-6-5-7-15(11-14)27-2/h3-9,11,13H,10,12H2,1-2H3,(H,21,26)/t13-/m1/s1. The molecule has 1 saturated heterocycles. The second-order valence-corrected chi connectivity index (χ2v) is 6.57. The van der Waals surface area contributed by atoms with Crippen LogP contribution in [0.3, 0.4) is 0 Å². The number of ether oxygens (including phenoxy) is 1. The van der Waals surface area contributed by atoms with Crippen LogP contribution in [0.25, 0.3) is 10.9 Å². The lowest BCUT2D eigenvalue weighted by Gasteiger charge is -2.17. The largest absolute Gasteiger partial charge is 0.497 e. The highest BCUT2D eigenvalue weighted by atomic mass is 16.5. The fourth-order valence-electron chi connectivity index (χ4n) is 3.47. The number of nitrogens with zero attached hydrogens (tertiary/aromatic N) is 3. The van der Waals surface area contributed by atoms with Gasteiger partial charge in [0, 0.05) is 37.2 Å². The molecule has 1 aliphatic rings. The van der Waals surface area contributed by atoms with Gasteiger partial charge in [-0.2, -0.15) is 5.10 Å². The molecule has 3 aromatic rings. The third-order valence-electron chi connectivity index (χ3n) is 4.80. The summed E-state index contributed by atoms with van der Waals surface area (Å²) < 4.78 is 6.91. The van der Waals surface area contributed by atoms with Crippen molar-refractivity contribution in [3.8, 4) is 5.75 Å². The summed E-state index contributed by atoms with van der Waals surface area (Å²) in [5, 5.41) is 8.09. The van der Waals surface area contributed by atoms with Crippen molar-refractivity contribution in [2.45, 2.75) is 12.5 Å². The molecule has 2 amide bonds. The van der Waals surface area contributed by atoms with Crippen molar-refractivity contribution in [3.05, 3.63) is 54.2 Å². The zero-order valence-corrected chi connectivity index (χ0v) is 15.2. The van der Waals surface area contributed by atoms with E-state index in [1.165, 1.54) is 0 Å². The number of carbonyl (C=O) groups excluding carboxylic acids is 2. The predicted octanol–water partition coefficient (Wildman–Crippen LogP) is 2.12. The van der Waals surface area contributed by atoms with Crippen molar-refractivity contribution in [1.29, 1.82) is 0 Å². The zero-order chi connectivity index (χ0) is 19.0. The normalized spacial score (nSPS) is 16.7. The fourth-order valence-corrected chi connectivity index (χ4v) is 3.47. The van der Waals surface area contributed by atoms with Crippen LogP contribution in [0.15, 0.2) is 48.5 Å². The first kappa shape index (κ1) is 17.1. The van der Waals surface area contributed by atoms with Gasteiger partial charge in [0.05, 0.1) is 18.7 Å². The van der Waals surface area contributed by atoms with E-state index in [0.29, 0.717) is 18.0 Å². The molecule has 27 heavy (non-hydrogen) atoms. The summed E-state index contributed by atoms with van der Waals surface area (Å²) in [6.07, 6.45) is 0.258. The Hall–Kier alpha value is -3.35. The summed E-state index contributed by atoms with van der Waals surface area (Å²) in [6, 6.07) is 14.7. The van der Waals surface area contributed by atoms with E-state index >= 15 is 0 Å². The van der Waals surface area contributed by atoms with Gasteiger partial charge in [0.15, 0.2) is 5.69 Å². The number of amides is 2. The Bertz CT molecular complexity index is 1030. The predicted molar refractivity (Wildman–Crippen MR) is 102 cm³/mol. The lowest BCUT2D eigenvalue weighted by molar-refractivity contribution is -0.117. The molecule has 0 radical (unpaired) electrons. The number of para-hydroxylation sites is 1.